The monoisotopic (exact) mass is 208 g/mol. The summed E-state index contributed by atoms with van der Waals surface area (Å²) in [5, 5.41) is 12.1. The largest absolute Gasteiger partial charge is 0.315 e. The van der Waals surface area contributed by atoms with E-state index in [1.807, 2.05) is 22.6 Å². The summed E-state index contributed by atoms with van der Waals surface area (Å²) in [5.74, 6) is 1.41. The lowest BCUT2D eigenvalue weighted by Gasteiger charge is -2.25. The van der Waals surface area contributed by atoms with Gasteiger partial charge in [-0.1, -0.05) is 17.7 Å². The fourth-order valence-corrected chi connectivity index (χ4v) is 1.91. The molecule has 72 valence electrons. The van der Waals surface area contributed by atoms with Crippen LogP contribution in [-0.2, 0) is 0 Å². The Morgan fingerprint density at radius 3 is 2.93 bits per heavy atom. The first-order valence-electron chi connectivity index (χ1n) is 4.56. The summed E-state index contributed by atoms with van der Waals surface area (Å²) in [6, 6.07) is 5.65. The molecule has 0 radical (unpaired) electrons. The fraction of sp³-hybridized carbons (Fsp3) is 0.333. The van der Waals surface area contributed by atoms with Gasteiger partial charge < -0.3 is 5.32 Å². The van der Waals surface area contributed by atoms with Gasteiger partial charge in [-0.3, -0.25) is 4.40 Å². The average molecular weight is 209 g/mol. The van der Waals surface area contributed by atoms with Gasteiger partial charge in [0.15, 0.2) is 5.65 Å². The van der Waals surface area contributed by atoms with E-state index in [1.54, 1.807) is 0 Å². The van der Waals surface area contributed by atoms with E-state index in [1.165, 1.54) is 0 Å². The summed E-state index contributed by atoms with van der Waals surface area (Å²) in [7, 11) is 0. The highest BCUT2D eigenvalue weighted by atomic mass is 35.5. The Labute approximate surface area is 85.9 Å². The summed E-state index contributed by atoms with van der Waals surface area (Å²) in [6.45, 7) is 1.93. The molecule has 0 bridgehead atoms. The number of hydrogen-bond acceptors (Lipinski definition) is 3. The van der Waals surface area contributed by atoms with Crippen LogP contribution in [-0.4, -0.2) is 27.7 Å². The van der Waals surface area contributed by atoms with Crippen molar-refractivity contribution in [1.82, 2.24) is 19.9 Å². The molecule has 3 rings (SSSR count). The highest BCUT2D eigenvalue weighted by molar-refractivity contribution is 6.29. The van der Waals surface area contributed by atoms with Crippen LogP contribution in [0.1, 0.15) is 11.7 Å². The van der Waals surface area contributed by atoms with E-state index in [0.717, 1.165) is 24.6 Å². The number of nitrogens with zero attached hydrogens (tertiary/aromatic N) is 3. The van der Waals surface area contributed by atoms with E-state index in [0.29, 0.717) is 11.1 Å². The lowest BCUT2D eigenvalue weighted by Crippen LogP contribution is -2.40. The Morgan fingerprint density at radius 2 is 2.21 bits per heavy atom. The quantitative estimate of drug-likeness (QED) is 0.713. The second-order valence-corrected chi connectivity index (χ2v) is 3.84. The van der Waals surface area contributed by atoms with Gasteiger partial charge in [0.2, 0.25) is 0 Å². The third kappa shape index (κ3) is 1.04. The molecule has 1 aliphatic heterocycles. The Hall–Kier alpha value is -1.13. The van der Waals surface area contributed by atoms with Crippen LogP contribution in [0, 0.1) is 0 Å². The maximum absolute atomic E-state index is 6.09. The molecule has 0 amide bonds. The van der Waals surface area contributed by atoms with Crippen molar-refractivity contribution in [2.75, 3.05) is 13.1 Å². The predicted octanol–water partition coefficient (Wildman–Crippen LogP) is 1.07. The molecular formula is C9H9ClN4. The minimum absolute atomic E-state index is 0.449. The van der Waals surface area contributed by atoms with Crippen LogP contribution in [0.2, 0.25) is 5.15 Å². The van der Waals surface area contributed by atoms with E-state index in [9.17, 15) is 0 Å². The number of rotatable bonds is 1. The van der Waals surface area contributed by atoms with E-state index in [4.69, 9.17) is 11.6 Å². The van der Waals surface area contributed by atoms with Crippen LogP contribution in [0.25, 0.3) is 5.65 Å². The molecule has 1 aliphatic rings. The minimum atomic E-state index is 0.449. The maximum Gasteiger partial charge on any atom is 0.161 e. The molecule has 14 heavy (non-hydrogen) atoms. The maximum atomic E-state index is 6.09. The smallest absolute Gasteiger partial charge is 0.161 e. The van der Waals surface area contributed by atoms with E-state index in [2.05, 4.69) is 15.5 Å². The Kier molecular flexibility index (Phi) is 1.72. The normalized spacial score (nSPS) is 17.2. The van der Waals surface area contributed by atoms with Crippen LogP contribution < -0.4 is 5.32 Å². The van der Waals surface area contributed by atoms with Gasteiger partial charge in [-0.25, -0.2) is 0 Å². The lowest BCUT2D eigenvalue weighted by atomic mass is 10.0. The molecule has 0 atom stereocenters. The molecule has 1 fully saturated rings. The highest BCUT2D eigenvalue weighted by Gasteiger charge is 2.24. The van der Waals surface area contributed by atoms with Crippen LogP contribution in [0.3, 0.4) is 0 Å². The standard InChI is InChI=1S/C9H9ClN4/c10-7-2-1-3-8-12-13-9(14(7)8)6-4-11-5-6/h1-3,6,11H,4-5H2. The van der Waals surface area contributed by atoms with Gasteiger partial charge in [0, 0.05) is 19.0 Å². The first-order chi connectivity index (χ1) is 6.86. The summed E-state index contributed by atoms with van der Waals surface area (Å²) in [5.41, 5.74) is 0.819. The third-order valence-electron chi connectivity index (χ3n) is 2.55. The van der Waals surface area contributed by atoms with E-state index in [-0.39, 0.29) is 0 Å². The number of halogens is 1. The molecule has 0 unspecified atom stereocenters. The van der Waals surface area contributed by atoms with Crippen LogP contribution >= 0.6 is 11.6 Å². The van der Waals surface area contributed by atoms with Gasteiger partial charge in [0.1, 0.15) is 11.0 Å². The van der Waals surface area contributed by atoms with Crippen molar-refractivity contribution in [3.8, 4) is 0 Å². The van der Waals surface area contributed by atoms with Crippen molar-refractivity contribution >= 4 is 17.2 Å². The van der Waals surface area contributed by atoms with Crippen LogP contribution in [0.4, 0.5) is 0 Å². The van der Waals surface area contributed by atoms with Gasteiger partial charge in [-0.15, -0.1) is 10.2 Å². The number of aromatic nitrogens is 3. The van der Waals surface area contributed by atoms with Gasteiger partial charge in [0.05, 0.1) is 0 Å². The zero-order valence-electron chi connectivity index (χ0n) is 7.44. The molecule has 2 aromatic heterocycles. The van der Waals surface area contributed by atoms with Gasteiger partial charge in [-0.2, -0.15) is 0 Å². The molecule has 2 aromatic rings. The first-order valence-corrected chi connectivity index (χ1v) is 4.94. The van der Waals surface area contributed by atoms with Crippen LogP contribution in [0.15, 0.2) is 18.2 Å². The SMILES string of the molecule is Clc1cccc2nnc(C3CNC3)n12. The summed E-state index contributed by atoms with van der Waals surface area (Å²) in [6.07, 6.45) is 0. The van der Waals surface area contributed by atoms with Gasteiger partial charge >= 0.3 is 0 Å². The Bertz CT molecular complexity index is 475. The number of nitrogens with one attached hydrogen (secondary N) is 1. The second-order valence-electron chi connectivity index (χ2n) is 3.46. The van der Waals surface area contributed by atoms with Crippen molar-refractivity contribution < 1.29 is 0 Å². The lowest BCUT2D eigenvalue weighted by molar-refractivity contribution is 0.427. The summed E-state index contributed by atoms with van der Waals surface area (Å²) in [4.78, 5) is 0. The number of pyridine rings is 1. The number of fused-ring (bicyclic) bond motifs is 1. The molecule has 0 aromatic carbocycles. The van der Waals surface area contributed by atoms with Crippen molar-refractivity contribution in [1.29, 1.82) is 0 Å². The highest BCUT2D eigenvalue weighted by Crippen LogP contribution is 2.21. The molecule has 1 N–H and O–H groups in total. The van der Waals surface area contributed by atoms with Gasteiger partial charge in [-0.05, 0) is 12.1 Å². The molecule has 0 aliphatic carbocycles. The Morgan fingerprint density at radius 1 is 1.36 bits per heavy atom. The zero-order valence-corrected chi connectivity index (χ0v) is 8.20. The topological polar surface area (TPSA) is 42.2 Å². The molecule has 1 saturated heterocycles. The molecule has 5 heteroatoms. The van der Waals surface area contributed by atoms with Crippen molar-refractivity contribution in [3.05, 3.63) is 29.2 Å². The fourth-order valence-electron chi connectivity index (χ4n) is 1.66. The predicted molar refractivity (Wildman–Crippen MR) is 53.6 cm³/mol. The molecular weight excluding hydrogens is 200 g/mol. The van der Waals surface area contributed by atoms with Crippen LogP contribution in [0.5, 0.6) is 0 Å². The average Bonchev–Trinajstić information content (AvgIpc) is 2.47. The zero-order chi connectivity index (χ0) is 9.54. The summed E-state index contributed by atoms with van der Waals surface area (Å²) >= 11 is 6.09. The third-order valence-corrected chi connectivity index (χ3v) is 2.85. The molecule has 4 nitrogen and oxygen atoms in total. The molecule has 0 spiro atoms. The Balaban J connectivity index is 2.23. The van der Waals surface area contributed by atoms with Gasteiger partial charge in [0.25, 0.3) is 0 Å². The molecule has 3 heterocycles. The van der Waals surface area contributed by atoms with E-state index < -0.39 is 0 Å². The second kappa shape index (κ2) is 2.93. The molecule has 0 saturated carbocycles. The van der Waals surface area contributed by atoms with Crippen molar-refractivity contribution in [3.63, 3.8) is 0 Å². The number of hydrogen-bond donors (Lipinski definition) is 1. The summed E-state index contributed by atoms with van der Waals surface area (Å²) < 4.78 is 1.91. The van der Waals surface area contributed by atoms with Crippen molar-refractivity contribution in [2.45, 2.75) is 5.92 Å². The van der Waals surface area contributed by atoms with Crippen molar-refractivity contribution in [2.24, 2.45) is 0 Å². The minimum Gasteiger partial charge on any atom is -0.315 e. The first kappa shape index (κ1) is 8.20. The van der Waals surface area contributed by atoms with E-state index >= 15 is 0 Å².